The first-order chi connectivity index (χ1) is 17.1. The van der Waals surface area contributed by atoms with Gasteiger partial charge in [-0.3, -0.25) is 14.3 Å². The zero-order chi connectivity index (χ0) is 25.6. The van der Waals surface area contributed by atoms with Crippen molar-refractivity contribution < 1.29 is 31.9 Å². The highest BCUT2D eigenvalue weighted by molar-refractivity contribution is 5.96. The summed E-state index contributed by atoms with van der Waals surface area (Å²) in [5.74, 6) is -2.38. The third-order valence-corrected chi connectivity index (χ3v) is 6.46. The fourth-order valence-corrected chi connectivity index (χ4v) is 4.49. The molecule has 1 atom stereocenters. The number of nitrogen functional groups attached to an aromatic ring is 1. The molecule has 5 rings (SSSR count). The molecule has 4 heterocycles. The van der Waals surface area contributed by atoms with E-state index in [0.29, 0.717) is 11.2 Å². The predicted octanol–water partition coefficient (Wildman–Crippen LogP) is 2.18. The maximum absolute atomic E-state index is 14.2. The second-order valence-electron chi connectivity index (χ2n) is 8.77. The average molecular weight is 506 g/mol. The quantitative estimate of drug-likeness (QED) is 0.544. The van der Waals surface area contributed by atoms with E-state index >= 15 is 0 Å². The van der Waals surface area contributed by atoms with E-state index in [1.54, 1.807) is 12.1 Å². The van der Waals surface area contributed by atoms with Gasteiger partial charge in [-0.1, -0.05) is 18.2 Å². The number of likely N-dealkylation sites (tertiary alicyclic amines) is 1. The van der Waals surface area contributed by atoms with E-state index in [1.807, 2.05) is 12.1 Å². The molecule has 13 heteroatoms. The van der Waals surface area contributed by atoms with Crippen molar-refractivity contribution in [2.45, 2.75) is 24.7 Å². The summed E-state index contributed by atoms with van der Waals surface area (Å²) in [6.45, 7) is -0.367. The lowest BCUT2D eigenvalue weighted by molar-refractivity contribution is -0.236. The number of morpholine rings is 1. The molecule has 0 bridgehead atoms. The number of carbonyl (C=O) groups is 2. The number of anilines is 1. The van der Waals surface area contributed by atoms with Gasteiger partial charge in [-0.15, -0.1) is 0 Å². The maximum atomic E-state index is 14.2. The Labute approximate surface area is 202 Å². The van der Waals surface area contributed by atoms with E-state index < -0.39 is 36.5 Å². The lowest BCUT2D eigenvalue weighted by Gasteiger charge is -2.38. The first-order valence-electron chi connectivity index (χ1n) is 11.2. The van der Waals surface area contributed by atoms with Crippen LogP contribution in [0.15, 0.2) is 36.5 Å². The SMILES string of the molecule is Nc1nccc(C(=O)N2CC(c3nn(CC(=O)N4CCO[C@@H](C(F)(F)F)C4)c4ccccc34)C2)c1F. The number of hydrogen-bond donors (Lipinski definition) is 1. The molecule has 2 aliphatic heterocycles. The topological polar surface area (TPSA) is 107 Å². The molecule has 2 amide bonds. The van der Waals surface area contributed by atoms with Crippen molar-refractivity contribution in [2.75, 3.05) is 38.5 Å². The van der Waals surface area contributed by atoms with Crippen LogP contribution in [0.1, 0.15) is 22.0 Å². The van der Waals surface area contributed by atoms with E-state index in [0.717, 1.165) is 10.3 Å². The van der Waals surface area contributed by atoms with Crippen molar-refractivity contribution in [3.63, 3.8) is 0 Å². The normalized spacial score (nSPS) is 18.9. The number of ether oxygens (including phenoxy) is 1. The number of halogens is 4. The maximum Gasteiger partial charge on any atom is 0.416 e. The first-order valence-corrected chi connectivity index (χ1v) is 11.2. The molecule has 2 fully saturated rings. The van der Waals surface area contributed by atoms with Gasteiger partial charge in [0.2, 0.25) is 5.91 Å². The zero-order valence-corrected chi connectivity index (χ0v) is 18.9. The van der Waals surface area contributed by atoms with Crippen molar-refractivity contribution in [1.82, 2.24) is 24.6 Å². The molecule has 3 aromatic rings. The van der Waals surface area contributed by atoms with E-state index in [4.69, 9.17) is 10.5 Å². The summed E-state index contributed by atoms with van der Waals surface area (Å²) in [5, 5.41) is 5.36. The first kappa shape index (κ1) is 24.0. The van der Waals surface area contributed by atoms with Crippen LogP contribution < -0.4 is 5.73 Å². The molecule has 2 N–H and O–H groups in total. The lowest BCUT2D eigenvalue weighted by Crippen LogP contribution is -2.51. The van der Waals surface area contributed by atoms with Crippen LogP contribution in [0.2, 0.25) is 0 Å². The highest BCUT2D eigenvalue weighted by atomic mass is 19.4. The van der Waals surface area contributed by atoms with E-state index in [2.05, 4.69) is 10.1 Å². The van der Waals surface area contributed by atoms with Crippen molar-refractivity contribution in [1.29, 1.82) is 0 Å². The van der Waals surface area contributed by atoms with Gasteiger partial charge in [0.05, 0.1) is 29.9 Å². The van der Waals surface area contributed by atoms with Gasteiger partial charge in [-0.05, 0) is 12.1 Å². The molecule has 0 spiro atoms. The van der Waals surface area contributed by atoms with E-state index in [1.165, 1.54) is 21.8 Å². The molecular weight excluding hydrogens is 484 g/mol. The summed E-state index contributed by atoms with van der Waals surface area (Å²) in [7, 11) is 0. The minimum atomic E-state index is -4.55. The van der Waals surface area contributed by atoms with Gasteiger partial charge in [0.15, 0.2) is 17.7 Å². The Kier molecular flexibility index (Phi) is 6.02. The number of fused-ring (bicyclic) bond motifs is 1. The summed E-state index contributed by atoms with van der Waals surface area (Å²) in [5.41, 5.74) is 6.61. The molecular formula is C23H22F4N6O3. The molecule has 0 aliphatic carbocycles. The van der Waals surface area contributed by atoms with Crippen molar-refractivity contribution in [3.8, 4) is 0 Å². The summed E-state index contributed by atoms with van der Waals surface area (Å²) in [6, 6.07) is 8.46. The lowest BCUT2D eigenvalue weighted by atomic mass is 9.93. The number of alkyl halides is 3. The number of aromatic nitrogens is 3. The Morgan fingerprint density at radius 1 is 1.11 bits per heavy atom. The molecule has 2 aliphatic rings. The van der Waals surface area contributed by atoms with Crippen LogP contribution in [0.5, 0.6) is 0 Å². The number of pyridine rings is 1. The molecule has 190 valence electrons. The fourth-order valence-electron chi connectivity index (χ4n) is 4.49. The van der Waals surface area contributed by atoms with Crippen LogP contribution in [0, 0.1) is 5.82 Å². The second-order valence-corrected chi connectivity index (χ2v) is 8.77. The fraction of sp³-hybridized carbons (Fsp3) is 0.391. The summed E-state index contributed by atoms with van der Waals surface area (Å²) in [6.07, 6.45) is -5.30. The van der Waals surface area contributed by atoms with Gasteiger partial charge in [-0.25, -0.2) is 9.37 Å². The second kappa shape index (κ2) is 9.04. The minimum absolute atomic E-state index is 0.0627. The number of hydrogen-bond acceptors (Lipinski definition) is 6. The number of nitrogens with two attached hydrogens (primary N) is 1. The van der Waals surface area contributed by atoms with Crippen LogP contribution in [-0.2, 0) is 16.1 Å². The molecule has 1 aromatic carbocycles. The highest BCUT2D eigenvalue weighted by Crippen LogP contribution is 2.33. The van der Waals surface area contributed by atoms with Crippen molar-refractivity contribution >= 4 is 28.5 Å². The Balaban J connectivity index is 1.31. The van der Waals surface area contributed by atoms with Crippen LogP contribution >= 0.6 is 0 Å². The van der Waals surface area contributed by atoms with E-state index in [9.17, 15) is 27.2 Å². The molecule has 0 saturated carbocycles. The van der Waals surface area contributed by atoms with Gasteiger partial charge in [0.25, 0.3) is 5.91 Å². The Morgan fingerprint density at radius 3 is 2.61 bits per heavy atom. The monoisotopic (exact) mass is 506 g/mol. The number of benzene rings is 1. The smallest absolute Gasteiger partial charge is 0.381 e. The largest absolute Gasteiger partial charge is 0.416 e. The molecule has 2 saturated heterocycles. The van der Waals surface area contributed by atoms with Gasteiger partial charge in [-0.2, -0.15) is 18.3 Å². The molecule has 9 nitrogen and oxygen atoms in total. The zero-order valence-electron chi connectivity index (χ0n) is 18.9. The Hall–Kier alpha value is -3.74. The van der Waals surface area contributed by atoms with Crippen LogP contribution in [-0.4, -0.2) is 81.4 Å². The van der Waals surface area contributed by atoms with Crippen LogP contribution in [0.4, 0.5) is 23.4 Å². The standard InChI is InChI=1S/C23H22F4N6O3/c24-19-15(5-6-29-21(19)28)22(35)32-9-13(10-32)20-14-3-1-2-4-16(14)33(30-20)12-18(34)31-7-8-36-17(11-31)23(25,26)27/h1-6,13,17H,7-12H2,(H2,28,29)/t17-/m1/s1. The summed E-state index contributed by atoms with van der Waals surface area (Å²) in [4.78, 5) is 31.8. The average Bonchev–Trinajstić information content (AvgIpc) is 3.17. The summed E-state index contributed by atoms with van der Waals surface area (Å²) < 4.78 is 59.6. The molecule has 2 aromatic heterocycles. The van der Waals surface area contributed by atoms with Crippen molar-refractivity contribution in [2.24, 2.45) is 0 Å². The van der Waals surface area contributed by atoms with Crippen molar-refractivity contribution in [3.05, 3.63) is 53.6 Å². The van der Waals surface area contributed by atoms with Crippen LogP contribution in [0.25, 0.3) is 10.9 Å². The number of rotatable bonds is 4. The van der Waals surface area contributed by atoms with Gasteiger partial charge in [0.1, 0.15) is 6.54 Å². The van der Waals surface area contributed by atoms with Gasteiger partial charge < -0.3 is 20.3 Å². The Morgan fingerprint density at radius 2 is 1.86 bits per heavy atom. The van der Waals surface area contributed by atoms with Gasteiger partial charge >= 0.3 is 6.18 Å². The number of carbonyl (C=O) groups excluding carboxylic acids is 2. The third-order valence-electron chi connectivity index (χ3n) is 6.46. The van der Waals surface area contributed by atoms with Crippen LogP contribution in [0.3, 0.4) is 0 Å². The van der Waals surface area contributed by atoms with Gasteiger partial charge in [0, 0.05) is 37.1 Å². The minimum Gasteiger partial charge on any atom is -0.381 e. The number of nitrogens with zero attached hydrogens (tertiary/aromatic N) is 5. The predicted molar refractivity (Wildman–Crippen MR) is 119 cm³/mol. The summed E-state index contributed by atoms with van der Waals surface area (Å²) >= 11 is 0. The molecule has 0 unspecified atom stereocenters. The number of para-hydroxylation sites is 1. The van der Waals surface area contributed by atoms with E-state index in [-0.39, 0.29) is 50.1 Å². The molecule has 36 heavy (non-hydrogen) atoms. The highest BCUT2D eigenvalue weighted by Gasteiger charge is 2.44. The number of amides is 2. The Bertz CT molecular complexity index is 1320. The molecule has 0 radical (unpaired) electrons. The third kappa shape index (κ3) is 4.34.